The van der Waals surface area contributed by atoms with Gasteiger partial charge in [0.15, 0.2) is 5.78 Å². The molecule has 1 heterocycles. The number of benzene rings is 1. The minimum atomic E-state index is -0.0400. The second-order valence-electron chi connectivity index (χ2n) is 3.31. The summed E-state index contributed by atoms with van der Waals surface area (Å²) in [5.74, 6) is -0.0114. The number of hydrogen-bond acceptors (Lipinski definition) is 1. The first kappa shape index (κ1) is 9.28. The normalized spacial score (nSPS) is 10.7. The van der Waals surface area contributed by atoms with Gasteiger partial charge in [-0.2, -0.15) is 0 Å². The van der Waals surface area contributed by atoms with Gasteiger partial charge in [-0.25, -0.2) is 0 Å². The molecule has 0 fully saturated rings. The monoisotopic (exact) mass is 207 g/mol. The van der Waals surface area contributed by atoms with Crippen molar-refractivity contribution in [1.29, 1.82) is 0 Å². The number of alkyl halides is 1. The van der Waals surface area contributed by atoms with Crippen molar-refractivity contribution in [3.05, 3.63) is 35.5 Å². The molecule has 2 aromatic rings. The van der Waals surface area contributed by atoms with Crippen molar-refractivity contribution in [1.82, 2.24) is 4.98 Å². The van der Waals surface area contributed by atoms with Crippen LogP contribution in [0.2, 0.25) is 0 Å². The molecule has 0 saturated heterocycles. The highest BCUT2D eigenvalue weighted by Crippen LogP contribution is 2.20. The molecular formula is C11H10ClNO. The largest absolute Gasteiger partial charge is 0.360 e. The van der Waals surface area contributed by atoms with E-state index >= 15 is 0 Å². The quantitative estimate of drug-likeness (QED) is 0.596. The number of ketones is 1. The lowest BCUT2D eigenvalue weighted by atomic mass is 10.1. The van der Waals surface area contributed by atoms with Crippen LogP contribution in [0.15, 0.2) is 24.4 Å². The third-order valence-electron chi connectivity index (χ3n) is 2.26. The Bertz CT molecular complexity index is 487. The summed E-state index contributed by atoms with van der Waals surface area (Å²) in [5.41, 5.74) is 2.83. The predicted octanol–water partition coefficient (Wildman–Crippen LogP) is 2.90. The van der Waals surface area contributed by atoms with Gasteiger partial charge >= 0.3 is 0 Å². The first-order chi connectivity index (χ1) is 6.72. The summed E-state index contributed by atoms with van der Waals surface area (Å²) in [5, 5.41) is 0.946. The maximum absolute atomic E-state index is 11.4. The maximum Gasteiger partial charge on any atom is 0.179 e. The van der Waals surface area contributed by atoms with Crippen molar-refractivity contribution in [2.75, 3.05) is 5.88 Å². The summed E-state index contributed by atoms with van der Waals surface area (Å²) in [7, 11) is 0. The Labute approximate surface area is 86.9 Å². The Morgan fingerprint density at radius 2 is 2.29 bits per heavy atom. The Morgan fingerprint density at radius 3 is 3.00 bits per heavy atom. The van der Waals surface area contributed by atoms with E-state index in [1.807, 2.05) is 25.1 Å². The second-order valence-corrected chi connectivity index (χ2v) is 3.58. The summed E-state index contributed by atoms with van der Waals surface area (Å²) in [6.45, 7) is 2.02. The number of rotatable bonds is 2. The van der Waals surface area contributed by atoms with E-state index in [0.29, 0.717) is 5.56 Å². The fraction of sp³-hybridized carbons (Fsp3) is 0.182. The fourth-order valence-corrected chi connectivity index (χ4v) is 1.69. The molecule has 0 amide bonds. The molecule has 3 heteroatoms. The van der Waals surface area contributed by atoms with Crippen LogP contribution in [0.25, 0.3) is 10.9 Å². The van der Waals surface area contributed by atoms with E-state index in [1.54, 1.807) is 6.20 Å². The highest BCUT2D eigenvalue weighted by Gasteiger charge is 2.10. The van der Waals surface area contributed by atoms with Crippen LogP contribution in [-0.2, 0) is 0 Å². The first-order valence-corrected chi connectivity index (χ1v) is 4.92. The molecule has 0 bridgehead atoms. The number of aromatic nitrogens is 1. The fourth-order valence-electron chi connectivity index (χ4n) is 1.54. The van der Waals surface area contributed by atoms with E-state index in [4.69, 9.17) is 11.6 Å². The molecule has 0 saturated carbocycles. The number of H-pyrrole nitrogens is 1. The number of carbonyl (C=O) groups excluding carboxylic acids is 1. The molecular weight excluding hydrogens is 198 g/mol. The molecule has 14 heavy (non-hydrogen) atoms. The minimum absolute atomic E-state index is 0.0286. The van der Waals surface area contributed by atoms with Crippen molar-refractivity contribution in [3.63, 3.8) is 0 Å². The standard InChI is InChI=1S/C11H10ClNO/c1-7-2-3-8-9(11(14)5-12)6-13-10(8)4-7/h2-4,6,13H,5H2,1H3. The Morgan fingerprint density at radius 1 is 1.50 bits per heavy atom. The Hall–Kier alpha value is -1.28. The second kappa shape index (κ2) is 3.46. The topological polar surface area (TPSA) is 32.9 Å². The third-order valence-corrected chi connectivity index (χ3v) is 2.50. The molecule has 0 aliphatic heterocycles. The summed E-state index contributed by atoms with van der Waals surface area (Å²) >= 11 is 5.51. The van der Waals surface area contributed by atoms with Crippen molar-refractivity contribution in [3.8, 4) is 0 Å². The van der Waals surface area contributed by atoms with Crippen molar-refractivity contribution >= 4 is 28.3 Å². The van der Waals surface area contributed by atoms with Gasteiger partial charge < -0.3 is 4.98 Å². The van der Waals surface area contributed by atoms with E-state index in [-0.39, 0.29) is 11.7 Å². The Kier molecular flexibility index (Phi) is 2.30. The molecule has 72 valence electrons. The number of hydrogen-bond donors (Lipinski definition) is 1. The zero-order valence-corrected chi connectivity index (χ0v) is 8.56. The van der Waals surface area contributed by atoms with Gasteiger partial charge in [-0.15, -0.1) is 11.6 Å². The predicted molar refractivity (Wildman–Crippen MR) is 58.1 cm³/mol. The molecule has 0 aliphatic carbocycles. The van der Waals surface area contributed by atoms with Crippen LogP contribution in [-0.4, -0.2) is 16.6 Å². The van der Waals surface area contributed by atoms with Crippen molar-refractivity contribution < 1.29 is 4.79 Å². The molecule has 1 N–H and O–H groups in total. The minimum Gasteiger partial charge on any atom is -0.360 e. The van der Waals surface area contributed by atoms with E-state index < -0.39 is 0 Å². The van der Waals surface area contributed by atoms with Gasteiger partial charge in [-0.1, -0.05) is 12.1 Å². The van der Waals surface area contributed by atoms with Gasteiger partial charge in [-0.05, 0) is 18.6 Å². The van der Waals surface area contributed by atoms with E-state index in [1.165, 1.54) is 5.56 Å². The van der Waals surface area contributed by atoms with E-state index in [0.717, 1.165) is 10.9 Å². The number of halogens is 1. The van der Waals surface area contributed by atoms with Gasteiger partial charge in [0, 0.05) is 22.7 Å². The lowest BCUT2D eigenvalue weighted by Gasteiger charge is -1.95. The zero-order chi connectivity index (χ0) is 10.1. The van der Waals surface area contributed by atoms with Gasteiger partial charge in [-0.3, -0.25) is 4.79 Å². The number of fused-ring (bicyclic) bond motifs is 1. The van der Waals surface area contributed by atoms with E-state index in [2.05, 4.69) is 4.98 Å². The van der Waals surface area contributed by atoms with Gasteiger partial charge in [0.2, 0.25) is 0 Å². The molecule has 0 spiro atoms. The SMILES string of the molecule is Cc1ccc2c(C(=O)CCl)c[nH]c2c1. The molecule has 0 aliphatic rings. The number of carbonyl (C=O) groups is 1. The maximum atomic E-state index is 11.4. The molecule has 1 aromatic heterocycles. The van der Waals surface area contributed by atoms with Gasteiger partial charge in [0.1, 0.15) is 0 Å². The smallest absolute Gasteiger partial charge is 0.179 e. The van der Waals surface area contributed by atoms with Crippen molar-refractivity contribution in [2.45, 2.75) is 6.92 Å². The molecule has 0 unspecified atom stereocenters. The molecule has 2 rings (SSSR count). The summed E-state index contributed by atoms with van der Waals surface area (Å²) in [6, 6.07) is 5.95. The molecule has 2 nitrogen and oxygen atoms in total. The van der Waals surface area contributed by atoms with Crippen LogP contribution in [0.1, 0.15) is 15.9 Å². The zero-order valence-electron chi connectivity index (χ0n) is 7.80. The van der Waals surface area contributed by atoms with E-state index in [9.17, 15) is 4.79 Å². The molecule has 0 atom stereocenters. The molecule has 1 aromatic carbocycles. The summed E-state index contributed by atoms with van der Waals surface area (Å²) in [4.78, 5) is 14.5. The number of aromatic amines is 1. The van der Waals surface area contributed by atoms with Gasteiger partial charge in [0.25, 0.3) is 0 Å². The molecule has 0 radical (unpaired) electrons. The lowest BCUT2D eigenvalue weighted by Crippen LogP contribution is -1.98. The van der Waals surface area contributed by atoms with Crippen LogP contribution in [0.4, 0.5) is 0 Å². The summed E-state index contributed by atoms with van der Waals surface area (Å²) in [6.07, 6.45) is 1.72. The Balaban J connectivity index is 2.64. The highest BCUT2D eigenvalue weighted by atomic mass is 35.5. The number of nitrogens with one attached hydrogen (secondary N) is 1. The third kappa shape index (κ3) is 1.42. The number of aryl methyl sites for hydroxylation is 1. The van der Waals surface area contributed by atoms with Crippen LogP contribution in [0.3, 0.4) is 0 Å². The van der Waals surface area contributed by atoms with Crippen LogP contribution >= 0.6 is 11.6 Å². The van der Waals surface area contributed by atoms with Crippen LogP contribution in [0, 0.1) is 6.92 Å². The van der Waals surface area contributed by atoms with Crippen molar-refractivity contribution in [2.24, 2.45) is 0 Å². The first-order valence-electron chi connectivity index (χ1n) is 4.39. The lowest BCUT2D eigenvalue weighted by molar-refractivity contribution is 0.102. The van der Waals surface area contributed by atoms with Crippen LogP contribution < -0.4 is 0 Å². The number of Topliss-reactive ketones (excluding diaryl/α,β-unsaturated/α-hetero) is 1. The van der Waals surface area contributed by atoms with Gasteiger partial charge in [0.05, 0.1) is 5.88 Å². The van der Waals surface area contributed by atoms with Crippen LogP contribution in [0.5, 0.6) is 0 Å². The average Bonchev–Trinajstić information content (AvgIpc) is 2.59. The average molecular weight is 208 g/mol. The highest BCUT2D eigenvalue weighted by molar-refractivity contribution is 6.31. The summed E-state index contributed by atoms with van der Waals surface area (Å²) < 4.78 is 0.